The van der Waals surface area contributed by atoms with Crippen molar-refractivity contribution in [1.29, 1.82) is 0 Å². The molecular formula is C20H24O11. The van der Waals surface area contributed by atoms with Crippen molar-refractivity contribution in [3.8, 4) is 0 Å². The minimum Gasteiger partial charge on any atom is -0.456 e. The third-order valence-electron chi connectivity index (χ3n) is 8.95. The van der Waals surface area contributed by atoms with E-state index in [0.29, 0.717) is 0 Å². The maximum atomic E-state index is 13.4. The smallest absolute Gasteiger partial charge is 0.343 e. The first-order valence-electron chi connectivity index (χ1n) is 10.3. The topological polar surface area (TPSA) is 169 Å². The van der Waals surface area contributed by atoms with Crippen molar-refractivity contribution in [3.05, 3.63) is 0 Å². The van der Waals surface area contributed by atoms with Crippen LogP contribution >= 0.6 is 0 Å². The number of hydrogen-bond acceptors (Lipinski definition) is 11. The van der Waals surface area contributed by atoms with Crippen LogP contribution in [0.3, 0.4) is 0 Å². The predicted molar refractivity (Wildman–Crippen MR) is 93.4 cm³/mol. The number of fused-ring (bicyclic) bond motifs is 1. The summed E-state index contributed by atoms with van der Waals surface area (Å²) in [4.78, 5) is 38.3. The minimum absolute atomic E-state index is 0.792. The Bertz CT molecular complexity index is 957. The van der Waals surface area contributed by atoms with E-state index in [1.807, 2.05) is 0 Å². The number of carbonyl (C=O) groups excluding carboxylic acids is 3. The summed E-state index contributed by atoms with van der Waals surface area (Å²) < 4.78 is 22.2. The third kappa shape index (κ3) is 1.43. The van der Waals surface area contributed by atoms with Crippen LogP contribution in [0.2, 0.25) is 0 Å². The summed E-state index contributed by atoms with van der Waals surface area (Å²) in [6.45, 7) is 6.63. The van der Waals surface area contributed by atoms with Crippen molar-refractivity contribution in [1.82, 2.24) is 0 Å². The molecule has 170 valence electrons. The first kappa shape index (κ1) is 19.9. The van der Waals surface area contributed by atoms with Gasteiger partial charge < -0.3 is 39.4 Å². The van der Waals surface area contributed by atoms with E-state index in [0.717, 1.165) is 0 Å². The zero-order chi connectivity index (χ0) is 22.7. The van der Waals surface area contributed by atoms with Crippen LogP contribution < -0.4 is 0 Å². The molecule has 0 bridgehead atoms. The number of carbonyl (C=O) groups is 3. The minimum atomic E-state index is -2.40. The molecule has 4 N–H and O–H groups in total. The molecule has 0 radical (unpaired) electrons. The Kier molecular flexibility index (Phi) is 3.15. The number of ether oxygens (including phenoxy) is 4. The summed E-state index contributed by atoms with van der Waals surface area (Å²) in [5, 5.41) is 46.1. The van der Waals surface area contributed by atoms with Gasteiger partial charge in [-0.25, -0.2) is 9.59 Å². The highest BCUT2D eigenvalue weighted by atomic mass is 16.8. The molecular weight excluding hydrogens is 416 g/mol. The number of esters is 3. The molecule has 11 nitrogen and oxygen atoms in total. The first-order valence-corrected chi connectivity index (χ1v) is 10.3. The van der Waals surface area contributed by atoms with Gasteiger partial charge in [-0.2, -0.15) is 0 Å². The maximum absolute atomic E-state index is 13.4. The van der Waals surface area contributed by atoms with Gasteiger partial charge in [0.05, 0.1) is 22.9 Å². The fourth-order valence-corrected chi connectivity index (χ4v) is 8.27. The van der Waals surface area contributed by atoms with E-state index in [1.54, 1.807) is 20.8 Å². The Labute approximate surface area is 176 Å². The SMILES string of the molecule is C[C@@H]1C(=O)O[C@H]2[C@H](O)[C@]34[C@@H]5OC(=O)[C@]3(O[C@H]3OC(=O)[C@H](O)[C@@]34[C@H](C(C)(C)C)[C@@H]5O)[C@@]12O. The van der Waals surface area contributed by atoms with Gasteiger partial charge >= 0.3 is 17.9 Å². The highest BCUT2D eigenvalue weighted by Gasteiger charge is 3.05. The van der Waals surface area contributed by atoms with E-state index < -0.39 is 94.0 Å². The highest BCUT2D eigenvalue weighted by molar-refractivity contribution is 5.94. The summed E-state index contributed by atoms with van der Waals surface area (Å²) >= 11 is 0. The standard InChI is InChI=1S/C20H24O11/c1-5-12(24)28-11-8(22)18-10-6(21)7(16(2,3)4)17(18)9(23)13(25)30-15(17)31-20(18,14(26)29-10)19(5,11)27/h5-11,15,21-23,27H,1-4H3/t5-,6+,7+,8+,9+,10-,11+,15-,17+,18-,19-,20-/m1/s1. The largest absolute Gasteiger partial charge is 0.456 e. The van der Waals surface area contributed by atoms with Crippen molar-refractivity contribution in [2.45, 2.75) is 75.7 Å². The molecule has 31 heavy (non-hydrogen) atoms. The van der Waals surface area contributed by atoms with Crippen LogP contribution in [-0.4, -0.2) is 86.3 Å². The molecule has 0 unspecified atom stereocenters. The monoisotopic (exact) mass is 440 g/mol. The van der Waals surface area contributed by atoms with Crippen molar-refractivity contribution in [3.63, 3.8) is 0 Å². The molecule has 6 aliphatic rings. The van der Waals surface area contributed by atoms with E-state index in [1.165, 1.54) is 6.92 Å². The average molecular weight is 440 g/mol. The van der Waals surface area contributed by atoms with E-state index >= 15 is 0 Å². The lowest BCUT2D eigenvalue weighted by molar-refractivity contribution is -0.240. The maximum Gasteiger partial charge on any atom is 0.343 e. The molecule has 6 fully saturated rings. The van der Waals surface area contributed by atoms with Gasteiger partial charge in [-0.05, 0) is 12.3 Å². The van der Waals surface area contributed by atoms with Gasteiger partial charge in [0.25, 0.3) is 0 Å². The second-order valence-corrected chi connectivity index (χ2v) is 10.8. The molecule has 4 aliphatic heterocycles. The molecule has 0 aromatic rings. The quantitative estimate of drug-likeness (QED) is 0.234. The van der Waals surface area contributed by atoms with E-state index in [9.17, 15) is 34.8 Å². The van der Waals surface area contributed by atoms with Gasteiger partial charge in [-0.15, -0.1) is 0 Å². The van der Waals surface area contributed by atoms with Crippen LogP contribution in [0, 0.1) is 28.1 Å². The Morgan fingerprint density at radius 3 is 2.19 bits per heavy atom. The Morgan fingerprint density at radius 2 is 1.58 bits per heavy atom. The van der Waals surface area contributed by atoms with Crippen molar-refractivity contribution in [2.24, 2.45) is 28.1 Å². The highest BCUT2D eigenvalue weighted by Crippen LogP contribution is 2.84. The number of aliphatic hydroxyl groups excluding tert-OH is 3. The van der Waals surface area contributed by atoms with Crippen LogP contribution in [0.25, 0.3) is 0 Å². The van der Waals surface area contributed by atoms with E-state index in [2.05, 4.69) is 0 Å². The Morgan fingerprint density at radius 1 is 0.935 bits per heavy atom. The summed E-state index contributed by atoms with van der Waals surface area (Å²) in [6, 6.07) is 0. The molecule has 4 heterocycles. The molecule has 2 saturated carbocycles. The van der Waals surface area contributed by atoms with Crippen LogP contribution in [0.4, 0.5) is 0 Å². The van der Waals surface area contributed by atoms with Crippen LogP contribution in [0.15, 0.2) is 0 Å². The van der Waals surface area contributed by atoms with Crippen molar-refractivity contribution >= 4 is 17.9 Å². The lowest BCUT2D eigenvalue weighted by Crippen LogP contribution is -2.67. The molecule has 12 atom stereocenters. The Hall–Kier alpha value is -1.79. The molecule has 2 aliphatic carbocycles. The van der Waals surface area contributed by atoms with Gasteiger partial charge in [0.1, 0.15) is 12.2 Å². The number of hydrogen-bond donors (Lipinski definition) is 4. The molecule has 0 aromatic carbocycles. The molecule has 0 aromatic heterocycles. The zero-order valence-corrected chi connectivity index (χ0v) is 17.3. The lowest BCUT2D eigenvalue weighted by Gasteiger charge is -2.47. The molecule has 6 rings (SSSR count). The van der Waals surface area contributed by atoms with E-state index in [4.69, 9.17) is 18.9 Å². The van der Waals surface area contributed by atoms with E-state index in [-0.39, 0.29) is 0 Å². The second-order valence-electron chi connectivity index (χ2n) is 10.8. The van der Waals surface area contributed by atoms with Gasteiger partial charge in [-0.1, -0.05) is 20.8 Å². The van der Waals surface area contributed by atoms with Crippen LogP contribution in [-0.2, 0) is 33.3 Å². The molecule has 4 saturated heterocycles. The average Bonchev–Trinajstić information content (AvgIpc) is 3.35. The molecule has 2 spiro atoms. The lowest BCUT2D eigenvalue weighted by atomic mass is 9.51. The van der Waals surface area contributed by atoms with Gasteiger partial charge in [0, 0.05) is 5.92 Å². The fraction of sp³-hybridized carbons (Fsp3) is 0.850. The summed E-state index contributed by atoms with van der Waals surface area (Å²) in [5.74, 6) is -5.22. The van der Waals surface area contributed by atoms with Gasteiger partial charge in [0.15, 0.2) is 17.8 Å². The third-order valence-corrected chi connectivity index (χ3v) is 8.95. The first-order chi connectivity index (χ1) is 14.3. The number of rotatable bonds is 0. The molecule has 11 heteroatoms. The van der Waals surface area contributed by atoms with Crippen molar-refractivity contribution < 1.29 is 53.8 Å². The predicted octanol–water partition coefficient (Wildman–Crippen LogP) is -2.40. The zero-order valence-electron chi connectivity index (χ0n) is 17.3. The fourth-order valence-electron chi connectivity index (χ4n) is 8.27. The summed E-state index contributed by atoms with van der Waals surface area (Å²) in [7, 11) is 0. The Balaban J connectivity index is 1.75. The van der Waals surface area contributed by atoms with Crippen LogP contribution in [0.5, 0.6) is 0 Å². The number of aliphatic hydroxyl groups is 4. The van der Waals surface area contributed by atoms with Gasteiger partial charge in [0.2, 0.25) is 11.9 Å². The summed E-state index contributed by atoms with van der Waals surface area (Å²) in [5.41, 5.74) is -9.40. The van der Waals surface area contributed by atoms with Crippen molar-refractivity contribution in [2.75, 3.05) is 0 Å². The molecule has 0 amide bonds. The van der Waals surface area contributed by atoms with Gasteiger partial charge in [-0.3, -0.25) is 4.79 Å². The summed E-state index contributed by atoms with van der Waals surface area (Å²) in [6.07, 6.45) is -9.69. The van der Waals surface area contributed by atoms with Crippen LogP contribution in [0.1, 0.15) is 27.7 Å². The normalized spacial score (nSPS) is 61.0. The second kappa shape index (κ2) is 4.91.